The van der Waals surface area contributed by atoms with Gasteiger partial charge >= 0.3 is 6.03 Å². The van der Waals surface area contributed by atoms with E-state index >= 15 is 0 Å². The summed E-state index contributed by atoms with van der Waals surface area (Å²) < 4.78 is 25.1. The maximum Gasteiger partial charge on any atom is 0.347 e. The number of aryl methyl sites for hydroxylation is 2. The maximum absolute atomic E-state index is 13.1. The summed E-state index contributed by atoms with van der Waals surface area (Å²) in [5, 5.41) is 7.73. The molecule has 1 N–H and O–H groups in total. The van der Waals surface area contributed by atoms with Crippen LogP contribution in [0.25, 0.3) is 17.1 Å². The van der Waals surface area contributed by atoms with Crippen LogP contribution < -0.4 is 15.0 Å². The van der Waals surface area contributed by atoms with Gasteiger partial charge in [-0.2, -0.15) is 4.99 Å². The molecule has 1 fully saturated rings. The molecule has 0 aliphatic carbocycles. The molecule has 12 heteroatoms. The molecule has 1 aliphatic rings. The van der Waals surface area contributed by atoms with Crippen LogP contribution in [0.2, 0.25) is 0 Å². The molecular weight excluding hydrogens is 595 g/mol. The lowest BCUT2D eigenvalue weighted by Crippen LogP contribution is -2.31. The number of urea groups is 1. The lowest BCUT2D eigenvalue weighted by atomic mass is 10.1. The number of amides is 3. The van der Waals surface area contributed by atoms with Gasteiger partial charge in [0.15, 0.2) is 11.0 Å². The van der Waals surface area contributed by atoms with Crippen LogP contribution in [-0.2, 0) is 16.1 Å². The fourth-order valence-corrected chi connectivity index (χ4v) is 5.49. The molecule has 1 aliphatic heterocycles. The van der Waals surface area contributed by atoms with Gasteiger partial charge < -0.3 is 14.8 Å². The Morgan fingerprint density at radius 2 is 1.91 bits per heavy atom. The summed E-state index contributed by atoms with van der Waals surface area (Å²) in [4.78, 5) is 36.3. The summed E-state index contributed by atoms with van der Waals surface area (Å²) >= 11 is 1.23. The minimum absolute atomic E-state index is 0.00990. The predicted octanol–water partition coefficient (Wildman–Crippen LogP) is 6.74. The van der Waals surface area contributed by atoms with Gasteiger partial charge in [-0.05, 0) is 79.4 Å². The van der Waals surface area contributed by atoms with Gasteiger partial charge in [0.05, 0.1) is 23.7 Å². The second-order valence-corrected chi connectivity index (χ2v) is 11.9. The number of anilines is 2. The number of halogens is 1. The minimum atomic E-state index is -0.584. The number of alkyl halides is 1. The smallest absolute Gasteiger partial charge is 0.347 e. The summed E-state index contributed by atoms with van der Waals surface area (Å²) in [7, 11) is 0. The van der Waals surface area contributed by atoms with Gasteiger partial charge in [-0.25, -0.2) is 18.9 Å². The van der Waals surface area contributed by atoms with E-state index in [1.807, 2.05) is 56.3 Å². The van der Waals surface area contributed by atoms with Gasteiger partial charge in [0.2, 0.25) is 5.91 Å². The fourth-order valence-electron chi connectivity index (χ4n) is 4.63. The lowest BCUT2D eigenvalue weighted by Gasteiger charge is -2.21. The zero-order valence-electron chi connectivity index (χ0n) is 25.6. The van der Waals surface area contributed by atoms with Crippen LogP contribution in [0, 0.1) is 19.8 Å². The molecule has 4 aromatic rings. The van der Waals surface area contributed by atoms with E-state index in [1.165, 1.54) is 16.7 Å². The topological polar surface area (TPSA) is 111 Å². The number of benzene rings is 3. The monoisotopic (exact) mass is 630 g/mol. The summed E-state index contributed by atoms with van der Waals surface area (Å²) in [6.45, 7) is 8.40. The molecule has 0 spiro atoms. The molecule has 2 heterocycles. The number of aliphatic imine (C=N–C) groups is 1. The van der Waals surface area contributed by atoms with Crippen molar-refractivity contribution in [1.29, 1.82) is 0 Å². The Morgan fingerprint density at radius 1 is 1.11 bits per heavy atom. The van der Waals surface area contributed by atoms with Gasteiger partial charge in [0, 0.05) is 23.4 Å². The van der Waals surface area contributed by atoms with Crippen molar-refractivity contribution in [3.63, 3.8) is 0 Å². The quantitative estimate of drug-likeness (QED) is 0.195. The minimum Gasteiger partial charge on any atom is -0.491 e. The van der Waals surface area contributed by atoms with Crippen LogP contribution in [0.3, 0.4) is 0 Å². The van der Waals surface area contributed by atoms with Crippen molar-refractivity contribution in [3.05, 3.63) is 83.7 Å². The highest BCUT2D eigenvalue weighted by molar-refractivity contribution is 8.15. The summed E-state index contributed by atoms with van der Waals surface area (Å²) in [6.07, 6.45) is 1.61. The molecule has 10 nitrogen and oxygen atoms in total. The highest BCUT2D eigenvalue weighted by Crippen LogP contribution is 2.32. The van der Waals surface area contributed by atoms with Gasteiger partial charge in [0.25, 0.3) is 0 Å². The molecule has 3 aromatic carbocycles. The van der Waals surface area contributed by atoms with Crippen LogP contribution in [0.15, 0.2) is 72.0 Å². The largest absolute Gasteiger partial charge is 0.491 e. The summed E-state index contributed by atoms with van der Waals surface area (Å²) in [5.41, 5.74) is 5.44. The molecular formula is C33H35FN6O4S. The molecule has 45 heavy (non-hydrogen) atoms. The third kappa shape index (κ3) is 7.95. The first-order chi connectivity index (χ1) is 21.7. The average Bonchev–Trinajstić information content (AvgIpc) is 3.65. The number of aromatic nitrogens is 3. The molecule has 0 bridgehead atoms. The number of ether oxygens (including phenoxy) is 2. The van der Waals surface area contributed by atoms with Crippen molar-refractivity contribution < 1.29 is 23.5 Å². The number of hydrogen-bond acceptors (Lipinski definition) is 7. The Balaban J connectivity index is 1.29. The third-order valence-electron chi connectivity index (χ3n) is 6.82. The van der Waals surface area contributed by atoms with Crippen molar-refractivity contribution in [1.82, 2.24) is 14.8 Å². The number of nitrogens with zero attached hydrogens (tertiary/aromatic N) is 5. The Bertz CT molecular complexity index is 1710. The molecule has 1 aromatic heterocycles. The predicted molar refractivity (Wildman–Crippen MR) is 175 cm³/mol. The van der Waals surface area contributed by atoms with Crippen molar-refractivity contribution in [2.75, 3.05) is 35.9 Å². The highest BCUT2D eigenvalue weighted by Gasteiger charge is 2.32. The van der Waals surface area contributed by atoms with E-state index in [-0.39, 0.29) is 18.3 Å². The molecule has 1 saturated heterocycles. The van der Waals surface area contributed by atoms with E-state index in [4.69, 9.17) is 9.47 Å². The van der Waals surface area contributed by atoms with Crippen molar-refractivity contribution >= 4 is 40.2 Å². The van der Waals surface area contributed by atoms with Gasteiger partial charge in [-0.3, -0.25) is 9.69 Å². The Hall–Kier alpha value is -4.55. The first-order valence-electron chi connectivity index (χ1n) is 14.6. The lowest BCUT2D eigenvalue weighted by molar-refractivity contribution is -0.115. The van der Waals surface area contributed by atoms with E-state index in [1.54, 1.807) is 29.2 Å². The number of amidine groups is 1. The molecule has 234 valence electrons. The maximum atomic E-state index is 13.1. The van der Waals surface area contributed by atoms with E-state index in [9.17, 15) is 14.0 Å². The fraction of sp³-hybridized carbons (Fsp3) is 0.303. The second-order valence-electron chi connectivity index (χ2n) is 11.0. The Labute approximate surface area is 265 Å². The SMILES string of the molecule is Cc1ccc(COCC(C)C)c(N2C(=O)CS/C2=N\C(=O)Nc2ccc(-c3ncn(-c4ccc(OCCF)cc4)n3)cc2C)c1. The molecule has 0 atom stereocenters. The van der Waals surface area contributed by atoms with Crippen LogP contribution in [0.5, 0.6) is 5.75 Å². The molecule has 0 unspecified atom stereocenters. The number of carbonyl (C=O) groups is 2. The van der Waals surface area contributed by atoms with E-state index in [0.717, 1.165) is 27.9 Å². The Kier molecular flexibility index (Phi) is 10.3. The second kappa shape index (κ2) is 14.5. The zero-order chi connectivity index (χ0) is 31.9. The number of rotatable bonds is 11. The molecule has 0 radical (unpaired) electrons. The van der Waals surface area contributed by atoms with E-state index < -0.39 is 12.7 Å². The third-order valence-corrected chi connectivity index (χ3v) is 7.74. The van der Waals surface area contributed by atoms with Gasteiger partial charge in [-0.1, -0.05) is 37.7 Å². The van der Waals surface area contributed by atoms with Gasteiger partial charge in [-0.15, -0.1) is 5.10 Å². The first kappa shape index (κ1) is 31.9. The van der Waals surface area contributed by atoms with Crippen LogP contribution in [-0.4, -0.2) is 57.5 Å². The van der Waals surface area contributed by atoms with Crippen molar-refractivity contribution in [2.24, 2.45) is 10.9 Å². The average molecular weight is 631 g/mol. The van der Waals surface area contributed by atoms with Crippen molar-refractivity contribution in [2.45, 2.75) is 34.3 Å². The standard InChI is InChI=1S/C33H35FN6O4S/c1-21(2)17-43-18-25-6-5-22(3)15-29(25)40-30(41)19-45-33(40)37-32(42)36-28-12-7-24(16-23(28)4)31-35-20-39(38-31)26-8-10-27(11-9-26)44-14-13-34/h5-12,15-16,20-21H,13-14,17-19H2,1-4H3,(H,36,42)/b37-33-. The van der Waals surface area contributed by atoms with E-state index in [0.29, 0.717) is 47.2 Å². The first-order valence-corrected chi connectivity index (χ1v) is 15.5. The summed E-state index contributed by atoms with van der Waals surface area (Å²) in [5.74, 6) is 1.52. The molecule has 3 amide bonds. The normalized spacial score (nSPS) is 14.0. The molecule has 0 saturated carbocycles. The number of nitrogens with one attached hydrogen (secondary N) is 1. The van der Waals surface area contributed by atoms with Crippen LogP contribution in [0.4, 0.5) is 20.6 Å². The number of thioether (sulfide) groups is 1. The van der Waals surface area contributed by atoms with Crippen LogP contribution >= 0.6 is 11.8 Å². The van der Waals surface area contributed by atoms with Gasteiger partial charge in [0.1, 0.15) is 25.4 Å². The Morgan fingerprint density at radius 3 is 2.64 bits per heavy atom. The number of carbonyl (C=O) groups excluding carboxylic acids is 2. The molecule has 5 rings (SSSR count). The highest BCUT2D eigenvalue weighted by atomic mass is 32.2. The van der Waals surface area contributed by atoms with Crippen LogP contribution in [0.1, 0.15) is 30.5 Å². The van der Waals surface area contributed by atoms with E-state index in [2.05, 4.69) is 34.2 Å². The van der Waals surface area contributed by atoms with Crippen molar-refractivity contribution in [3.8, 4) is 22.8 Å². The number of hydrogen-bond donors (Lipinski definition) is 1. The zero-order valence-corrected chi connectivity index (χ0v) is 26.4. The summed E-state index contributed by atoms with van der Waals surface area (Å²) in [6, 6.07) is 17.9.